The molecule has 2 heterocycles. The van der Waals surface area contributed by atoms with Crippen LogP contribution in [0.5, 0.6) is 11.5 Å². The Morgan fingerprint density at radius 2 is 2.05 bits per heavy atom. The monoisotopic (exact) mass is 275 g/mol. The summed E-state index contributed by atoms with van der Waals surface area (Å²) in [6, 6.07) is 4.43. The van der Waals surface area contributed by atoms with Crippen molar-refractivity contribution in [3.63, 3.8) is 0 Å². The largest absolute Gasteiger partial charge is 0.489 e. The van der Waals surface area contributed by atoms with Crippen molar-refractivity contribution in [3.8, 4) is 11.5 Å². The van der Waals surface area contributed by atoms with Crippen LogP contribution in [0.4, 0.5) is 0 Å². The summed E-state index contributed by atoms with van der Waals surface area (Å²) in [7, 11) is 0. The molecule has 1 aliphatic heterocycles. The number of nitrogens with one attached hydrogen (secondary N) is 2. The first kappa shape index (κ1) is 13.2. The molecule has 0 saturated carbocycles. The van der Waals surface area contributed by atoms with Crippen molar-refractivity contribution in [2.45, 2.75) is 39.3 Å². The Morgan fingerprint density at radius 1 is 1.30 bits per heavy atom. The van der Waals surface area contributed by atoms with Gasteiger partial charge in [0.05, 0.1) is 30.8 Å². The van der Waals surface area contributed by atoms with E-state index in [9.17, 15) is 0 Å². The Morgan fingerprint density at radius 3 is 2.80 bits per heavy atom. The molecule has 1 unspecified atom stereocenters. The second-order valence-electron chi connectivity index (χ2n) is 5.24. The average Bonchev–Trinajstić information content (AvgIpc) is 2.71. The molecule has 20 heavy (non-hydrogen) atoms. The molecule has 0 radical (unpaired) electrons. The van der Waals surface area contributed by atoms with Crippen LogP contribution in [0.2, 0.25) is 0 Å². The molecule has 5 heteroatoms. The second kappa shape index (κ2) is 5.71. The molecule has 0 amide bonds. The minimum atomic E-state index is 0.492. The van der Waals surface area contributed by atoms with Crippen LogP contribution in [0.3, 0.4) is 0 Å². The van der Waals surface area contributed by atoms with Crippen molar-refractivity contribution < 1.29 is 9.47 Å². The van der Waals surface area contributed by atoms with E-state index in [4.69, 9.17) is 9.47 Å². The van der Waals surface area contributed by atoms with E-state index >= 15 is 0 Å². The van der Waals surface area contributed by atoms with E-state index in [0.717, 1.165) is 47.7 Å². The van der Waals surface area contributed by atoms with Gasteiger partial charge in [-0.2, -0.15) is 0 Å². The molecule has 2 aromatic rings. The number of imidazole rings is 1. The highest BCUT2D eigenvalue weighted by atomic mass is 16.5. The third kappa shape index (κ3) is 2.72. The highest BCUT2D eigenvalue weighted by molar-refractivity contribution is 5.79. The second-order valence-corrected chi connectivity index (χ2v) is 5.24. The molecule has 2 N–H and O–H groups in total. The molecule has 1 aromatic heterocycles. The number of benzene rings is 1. The van der Waals surface area contributed by atoms with Gasteiger partial charge in [-0.15, -0.1) is 0 Å². The lowest BCUT2D eigenvalue weighted by molar-refractivity contribution is 0.297. The van der Waals surface area contributed by atoms with E-state index in [1.807, 2.05) is 12.1 Å². The molecule has 0 saturated heterocycles. The van der Waals surface area contributed by atoms with Crippen molar-refractivity contribution in [1.82, 2.24) is 15.3 Å². The van der Waals surface area contributed by atoms with E-state index in [1.54, 1.807) is 0 Å². The summed E-state index contributed by atoms with van der Waals surface area (Å²) >= 11 is 0. The molecule has 0 aliphatic carbocycles. The number of fused-ring (bicyclic) bond motifs is 2. The first-order valence-electron chi connectivity index (χ1n) is 7.28. The number of hydrogen-bond donors (Lipinski definition) is 2. The third-order valence-corrected chi connectivity index (χ3v) is 3.63. The Labute approximate surface area is 118 Å². The lowest BCUT2D eigenvalue weighted by Crippen LogP contribution is -2.24. The van der Waals surface area contributed by atoms with E-state index in [0.29, 0.717) is 19.3 Å². The first-order valence-corrected chi connectivity index (χ1v) is 7.28. The number of hydrogen-bond acceptors (Lipinski definition) is 4. The van der Waals surface area contributed by atoms with Crippen LogP contribution >= 0.6 is 0 Å². The van der Waals surface area contributed by atoms with Crippen molar-refractivity contribution >= 4 is 11.0 Å². The van der Waals surface area contributed by atoms with Crippen molar-refractivity contribution in [2.24, 2.45) is 0 Å². The van der Waals surface area contributed by atoms with Crippen LogP contribution in [0, 0.1) is 0 Å². The summed E-state index contributed by atoms with van der Waals surface area (Å²) in [5, 5.41) is 3.43. The number of nitrogens with zero attached hydrogens (tertiary/aromatic N) is 1. The van der Waals surface area contributed by atoms with Crippen LogP contribution in [-0.2, 0) is 6.54 Å². The molecule has 0 fully saturated rings. The first-order chi connectivity index (χ1) is 9.76. The van der Waals surface area contributed by atoms with E-state index < -0.39 is 0 Å². The van der Waals surface area contributed by atoms with Gasteiger partial charge >= 0.3 is 0 Å². The average molecular weight is 275 g/mol. The molecular weight excluding hydrogens is 254 g/mol. The van der Waals surface area contributed by atoms with E-state index in [2.05, 4.69) is 29.1 Å². The maximum atomic E-state index is 5.69. The van der Waals surface area contributed by atoms with Gasteiger partial charge in [0.15, 0.2) is 11.5 Å². The number of rotatable bonds is 4. The fourth-order valence-electron chi connectivity index (χ4n) is 2.22. The molecule has 3 rings (SSSR count). The van der Waals surface area contributed by atoms with Gasteiger partial charge < -0.3 is 19.8 Å². The highest BCUT2D eigenvalue weighted by Gasteiger charge is 2.14. The maximum Gasteiger partial charge on any atom is 0.163 e. The third-order valence-electron chi connectivity index (χ3n) is 3.63. The molecule has 0 spiro atoms. The zero-order valence-corrected chi connectivity index (χ0v) is 12.0. The van der Waals surface area contributed by atoms with Gasteiger partial charge in [0.1, 0.15) is 5.82 Å². The van der Waals surface area contributed by atoms with Gasteiger partial charge in [0.2, 0.25) is 0 Å². The standard InChI is InChI=1S/C15H21N3O2/c1-3-10(2)16-9-15-17-11-7-13-14(8-12(11)18-15)20-6-4-5-19-13/h7-8,10,16H,3-6,9H2,1-2H3,(H,17,18). The van der Waals surface area contributed by atoms with Gasteiger partial charge in [0, 0.05) is 24.6 Å². The molecule has 0 bridgehead atoms. The number of aromatic amines is 1. The van der Waals surface area contributed by atoms with Crippen LogP contribution in [0.15, 0.2) is 12.1 Å². The van der Waals surface area contributed by atoms with E-state index in [-0.39, 0.29) is 0 Å². The lowest BCUT2D eigenvalue weighted by atomic mass is 10.2. The fourth-order valence-corrected chi connectivity index (χ4v) is 2.22. The summed E-state index contributed by atoms with van der Waals surface area (Å²) < 4.78 is 11.4. The highest BCUT2D eigenvalue weighted by Crippen LogP contribution is 2.33. The quantitative estimate of drug-likeness (QED) is 0.900. The summed E-state index contributed by atoms with van der Waals surface area (Å²) in [5.41, 5.74) is 1.92. The predicted molar refractivity (Wildman–Crippen MR) is 78.3 cm³/mol. The van der Waals surface area contributed by atoms with Crippen LogP contribution in [0.25, 0.3) is 11.0 Å². The minimum Gasteiger partial charge on any atom is -0.489 e. The Bertz CT molecular complexity index is 551. The zero-order chi connectivity index (χ0) is 13.9. The van der Waals surface area contributed by atoms with Crippen LogP contribution in [-0.4, -0.2) is 29.2 Å². The van der Waals surface area contributed by atoms with Crippen LogP contribution in [0.1, 0.15) is 32.5 Å². The number of ether oxygens (including phenoxy) is 2. The smallest absolute Gasteiger partial charge is 0.163 e. The Hall–Kier alpha value is -1.75. The molecular formula is C15H21N3O2. The van der Waals surface area contributed by atoms with Gasteiger partial charge in [-0.05, 0) is 13.3 Å². The van der Waals surface area contributed by atoms with Crippen molar-refractivity contribution in [1.29, 1.82) is 0 Å². The lowest BCUT2D eigenvalue weighted by Gasteiger charge is -2.08. The van der Waals surface area contributed by atoms with E-state index in [1.165, 1.54) is 0 Å². The Balaban J connectivity index is 1.84. The zero-order valence-electron chi connectivity index (χ0n) is 12.0. The summed E-state index contributed by atoms with van der Waals surface area (Å²) in [5.74, 6) is 2.54. The number of aromatic nitrogens is 2. The van der Waals surface area contributed by atoms with Gasteiger partial charge in [0.25, 0.3) is 0 Å². The molecule has 1 aromatic carbocycles. The van der Waals surface area contributed by atoms with Crippen LogP contribution < -0.4 is 14.8 Å². The predicted octanol–water partition coefficient (Wildman–Crippen LogP) is 2.61. The Kier molecular flexibility index (Phi) is 3.78. The van der Waals surface area contributed by atoms with Gasteiger partial charge in [-0.1, -0.05) is 6.92 Å². The SMILES string of the molecule is CCC(C)NCc1nc2cc3c(cc2[nH]1)OCCCO3. The number of H-pyrrole nitrogens is 1. The summed E-state index contributed by atoms with van der Waals surface area (Å²) in [4.78, 5) is 7.94. The maximum absolute atomic E-state index is 5.69. The normalized spacial score (nSPS) is 16.1. The van der Waals surface area contributed by atoms with Crippen molar-refractivity contribution in [3.05, 3.63) is 18.0 Å². The molecule has 5 nitrogen and oxygen atoms in total. The summed E-state index contributed by atoms with van der Waals surface area (Å²) in [6.07, 6.45) is 2.02. The topological polar surface area (TPSA) is 59.2 Å². The minimum absolute atomic E-state index is 0.492. The van der Waals surface area contributed by atoms with Crippen molar-refractivity contribution in [2.75, 3.05) is 13.2 Å². The van der Waals surface area contributed by atoms with Gasteiger partial charge in [-0.25, -0.2) is 4.98 Å². The fraction of sp³-hybridized carbons (Fsp3) is 0.533. The molecule has 108 valence electrons. The van der Waals surface area contributed by atoms with Gasteiger partial charge in [-0.3, -0.25) is 0 Å². The molecule has 1 aliphatic rings. The summed E-state index contributed by atoms with van der Waals surface area (Å²) in [6.45, 7) is 6.49. The molecule has 1 atom stereocenters.